The van der Waals surface area contributed by atoms with Crippen LogP contribution in [0, 0.1) is 5.82 Å². The third-order valence-electron chi connectivity index (χ3n) is 3.99. The third kappa shape index (κ3) is 2.87. The van der Waals surface area contributed by atoms with Crippen LogP contribution in [-0.4, -0.2) is 58.2 Å². The van der Waals surface area contributed by atoms with Crippen molar-refractivity contribution in [3.63, 3.8) is 0 Å². The van der Waals surface area contributed by atoms with E-state index in [1.54, 1.807) is 29.1 Å². The van der Waals surface area contributed by atoms with Crippen molar-refractivity contribution in [2.75, 3.05) is 26.7 Å². The van der Waals surface area contributed by atoms with Gasteiger partial charge in [0.2, 0.25) is 0 Å². The van der Waals surface area contributed by atoms with Crippen LogP contribution in [0.4, 0.5) is 4.39 Å². The largest absolute Gasteiger partial charge is 0.332 e. The van der Waals surface area contributed by atoms with Crippen LogP contribution in [-0.2, 0) is 0 Å². The fourth-order valence-corrected chi connectivity index (χ4v) is 2.76. The van der Waals surface area contributed by atoms with E-state index in [0.29, 0.717) is 12.2 Å². The van der Waals surface area contributed by atoms with Gasteiger partial charge in [-0.1, -0.05) is 0 Å². The highest BCUT2D eigenvalue weighted by atomic mass is 19.1. The van der Waals surface area contributed by atoms with E-state index in [4.69, 9.17) is 0 Å². The Hall–Kier alpha value is -2.21. The fourth-order valence-electron chi connectivity index (χ4n) is 2.76. The van der Waals surface area contributed by atoms with Gasteiger partial charge in [-0.25, -0.2) is 9.07 Å². The van der Waals surface area contributed by atoms with Crippen LogP contribution < -0.4 is 0 Å². The standard InChI is InChI=1S/C16H19FN4O/c1-12-11-19(2)9-10-20(12)16(22)15-7-8-21(18-15)14-5-3-13(17)4-6-14/h3-8,12H,9-11H2,1-2H3/t12-/m1/s1. The molecule has 2 aromatic rings. The monoisotopic (exact) mass is 302 g/mol. The minimum atomic E-state index is -0.293. The van der Waals surface area contributed by atoms with Gasteiger partial charge in [0.15, 0.2) is 5.69 Å². The number of nitrogens with zero attached hydrogens (tertiary/aromatic N) is 4. The molecule has 5 nitrogen and oxygen atoms in total. The number of halogens is 1. The molecule has 1 aliphatic rings. The maximum Gasteiger partial charge on any atom is 0.274 e. The highest BCUT2D eigenvalue weighted by Crippen LogP contribution is 2.14. The molecule has 0 bridgehead atoms. The first-order chi connectivity index (χ1) is 10.5. The predicted molar refractivity (Wildman–Crippen MR) is 81.5 cm³/mol. The second-order valence-corrected chi connectivity index (χ2v) is 5.73. The first kappa shape index (κ1) is 14.7. The van der Waals surface area contributed by atoms with Gasteiger partial charge in [-0.2, -0.15) is 5.10 Å². The van der Waals surface area contributed by atoms with Crippen molar-refractivity contribution >= 4 is 5.91 Å². The van der Waals surface area contributed by atoms with Crippen molar-refractivity contribution < 1.29 is 9.18 Å². The maximum absolute atomic E-state index is 13.0. The quantitative estimate of drug-likeness (QED) is 0.849. The van der Waals surface area contributed by atoms with E-state index in [-0.39, 0.29) is 17.8 Å². The number of benzene rings is 1. The van der Waals surface area contributed by atoms with Crippen molar-refractivity contribution in [1.29, 1.82) is 0 Å². The molecular formula is C16H19FN4O. The van der Waals surface area contributed by atoms with E-state index >= 15 is 0 Å². The highest BCUT2D eigenvalue weighted by Gasteiger charge is 2.27. The fraction of sp³-hybridized carbons (Fsp3) is 0.375. The molecule has 0 radical (unpaired) electrons. The molecule has 116 valence electrons. The van der Waals surface area contributed by atoms with Crippen LogP contribution in [0.2, 0.25) is 0 Å². The summed E-state index contributed by atoms with van der Waals surface area (Å²) in [7, 11) is 2.06. The predicted octanol–water partition coefficient (Wildman–Crippen LogP) is 1.79. The molecule has 1 amide bonds. The second-order valence-electron chi connectivity index (χ2n) is 5.73. The van der Waals surface area contributed by atoms with E-state index in [0.717, 1.165) is 18.8 Å². The molecule has 2 heterocycles. The Morgan fingerprint density at radius 1 is 1.23 bits per heavy atom. The number of carbonyl (C=O) groups excluding carboxylic acids is 1. The lowest BCUT2D eigenvalue weighted by Crippen LogP contribution is -2.52. The van der Waals surface area contributed by atoms with Crippen molar-refractivity contribution in [1.82, 2.24) is 19.6 Å². The van der Waals surface area contributed by atoms with Crippen molar-refractivity contribution in [2.45, 2.75) is 13.0 Å². The summed E-state index contributed by atoms with van der Waals surface area (Å²) in [6.45, 7) is 4.49. The Kier molecular flexibility index (Phi) is 3.94. The Bertz CT molecular complexity index is 667. The molecule has 0 spiro atoms. The summed E-state index contributed by atoms with van der Waals surface area (Å²) in [5, 5.41) is 4.33. The highest BCUT2D eigenvalue weighted by molar-refractivity contribution is 5.92. The molecule has 0 saturated carbocycles. The molecule has 22 heavy (non-hydrogen) atoms. The lowest BCUT2D eigenvalue weighted by atomic mass is 10.2. The first-order valence-corrected chi connectivity index (χ1v) is 7.36. The SMILES string of the molecule is C[C@@H]1CN(C)CCN1C(=O)c1ccn(-c2ccc(F)cc2)n1. The Morgan fingerprint density at radius 3 is 2.64 bits per heavy atom. The van der Waals surface area contributed by atoms with Gasteiger partial charge >= 0.3 is 0 Å². The molecule has 6 heteroatoms. The minimum absolute atomic E-state index is 0.0542. The van der Waals surface area contributed by atoms with Crippen LogP contribution in [0.3, 0.4) is 0 Å². The van der Waals surface area contributed by atoms with Gasteiger partial charge in [-0.15, -0.1) is 0 Å². The van der Waals surface area contributed by atoms with E-state index in [2.05, 4.69) is 17.0 Å². The zero-order chi connectivity index (χ0) is 15.7. The number of aromatic nitrogens is 2. The summed E-state index contributed by atoms with van der Waals surface area (Å²) < 4.78 is 14.5. The maximum atomic E-state index is 13.0. The summed E-state index contributed by atoms with van der Waals surface area (Å²) in [5.41, 5.74) is 1.15. The Balaban J connectivity index is 1.78. The molecule has 3 rings (SSSR count). The lowest BCUT2D eigenvalue weighted by Gasteiger charge is -2.37. The van der Waals surface area contributed by atoms with Gasteiger partial charge in [0.1, 0.15) is 5.82 Å². The van der Waals surface area contributed by atoms with Crippen molar-refractivity contribution in [2.24, 2.45) is 0 Å². The zero-order valence-corrected chi connectivity index (χ0v) is 12.7. The van der Waals surface area contributed by atoms with Crippen molar-refractivity contribution in [3.8, 4) is 5.69 Å². The Morgan fingerprint density at radius 2 is 1.95 bits per heavy atom. The van der Waals surface area contributed by atoms with Gasteiger partial charge in [0.05, 0.1) is 5.69 Å². The average Bonchev–Trinajstić information content (AvgIpc) is 2.97. The van der Waals surface area contributed by atoms with Gasteiger partial charge in [-0.05, 0) is 44.3 Å². The van der Waals surface area contributed by atoms with E-state index in [9.17, 15) is 9.18 Å². The number of rotatable bonds is 2. The molecule has 1 fully saturated rings. The van der Waals surface area contributed by atoms with Gasteiger partial charge in [0.25, 0.3) is 5.91 Å². The number of carbonyl (C=O) groups is 1. The van der Waals surface area contributed by atoms with E-state index in [1.807, 2.05) is 11.8 Å². The summed E-state index contributed by atoms with van der Waals surface area (Å²) in [4.78, 5) is 16.7. The average molecular weight is 302 g/mol. The van der Waals surface area contributed by atoms with Crippen molar-refractivity contribution in [3.05, 3.63) is 48.0 Å². The summed E-state index contributed by atoms with van der Waals surface area (Å²) in [6, 6.07) is 7.89. The first-order valence-electron chi connectivity index (χ1n) is 7.36. The Labute approximate surface area is 128 Å². The third-order valence-corrected chi connectivity index (χ3v) is 3.99. The normalized spacial score (nSPS) is 19.4. The molecular weight excluding hydrogens is 283 g/mol. The molecule has 0 unspecified atom stereocenters. The topological polar surface area (TPSA) is 41.4 Å². The van der Waals surface area contributed by atoms with Crippen LogP contribution in [0.15, 0.2) is 36.5 Å². The lowest BCUT2D eigenvalue weighted by molar-refractivity contribution is 0.0527. The van der Waals surface area contributed by atoms with Gasteiger partial charge in [-0.3, -0.25) is 4.79 Å². The smallest absolute Gasteiger partial charge is 0.274 e. The molecule has 1 aliphatic heterocycles. The summed E-state index contributed by atoms with van der Waals surface area (Å²) >= 11 is 0. The summed E-state index contributed by atoms with van der Waals surface area (Å²) in [5.74, 6) is -0.347. The number of likely N-dealkylation sites (N-methyl/N-ethyl adjacent to an activating group) is 1. The van der Waals surface area contributed by atoms with E-state index in [1.165, 1.54) is 12.1 Å². The molecule has 0 aliphatic carbocycles. The number of hydrogen-bond acceptors (Lipinski definition) is 3. The molecule has 1 saturated heterocycles. The number of piperazine rings is 1. The van der Waals surface area contributed by atoms with Gasteiger partial charge < -0.3 is 9.80 Å². The van der Waals surface area contributed by atoms with E-state index < -0.39 is 0 Å². The number of hydrogen-bond donors (Lipinski definition) is 0. The van der Waals surface area contributed by atoms with Crippen LogP contribution >= 0.6 is 0 Å². The van der Waals surface area contributed by atoms with Crippen LogP contribution in [0.1, 0.15) is 17.4 Å². The van der Waals surface area contributed by atoms with Gasteiger partial charge in [0, 0.05) is 31.9 Å². The molecule has 1 aromatic carbocycles. The second kappa shape index (κ2) is 5.88. The van der Waals surface area contributed by atoms with Crippen LogP contribution in [0.25, 0.3) is 5.69 Å². The molecule has 1 aromatic heterocycles. The van der Waals surface area contributed by atoms with Crippen LogP contribution in [0.5, 0.6) is 0 Å². The minimum Gasteiger partial charge on any atom is -0.332 e. The number of amides is 1. The summed E-state index contributed by atoms with van der Waals surface area (Å²) in [6.07, 6.45) is 1.72. The molecule has 1 atom stereocenters. The zero-order valence-electron chi connectivity index (χ0n) is 12.7. The molecule has 0 N–H and O–H groups in total.